The number of nitrogens with zero attached hydrogens (tertiary/aromatic N) is 1. The average Bonchev–Trinajstić information content (AvgIpc) is 2.83. The molecule has 1 saturated carbocycles. The molecule has 1 spiro atoms. The van der Waals surface area contributed by atoms with Crippen molar-refractivity contribution in [1.29, 1.82) is 0 Å². The zero-order valence-corrected chi connectivity index (χ0v) is 11.4. The minimum absolute atomic E-state index is 0.374. The summed E-state index contributed by atoms with van der Waals surface area (Å²) in [6.07, 6.45) is 3.22. The lowest BCUT2D eigenvalue weighted by atomic mass is 9.82. The second-order valence-electron chi connectivity index (χ2n) is 5.88. The molecule has 6 nitrogen and oxygen atoms in total. The number of fused-ring (bicyclic) bond motifs is 2. The Morgan fingerprint density at radius 2 is 1.81 bits per heavy atom. The maximum atomic E-state index is 12.5. The first kappa shape index (κ1) is 12.4. The second kappa shape index (κ2) is 4.07. The Bertz CT molecular complexity index is 668. The first-order valence-corrected chi connectivity index (χ1v) is 7.18. The number of hydrogen-bond donors (Lipinski definition) is 2. The second-order valence-corrected chi connectivity index (χ2v) is 5.88. The lowest BCUT2D eigenvalue weighted by molar-refractivity contribution is -0.137. The number of urea groups is 1. The zero-order valence-electron chi connectivity index (χ0n) is 11.4. The Hall–Kier alpha value is -2.37. The lowest BCUT2D eigenvalue weighted by Gasteiger charge is -2.35. The van der Waals surface area contributed by atoms with Gasteiger partial charge < -0.3 is 5.32 Å². The van der Waals surface area contributed by atoms with E-state index in [1.165, 1.54) is 4.90 Å². The highest BCUT2D eigenvalue weighted by Gasteiger charge is 2.63. The number of amides is 4. The Morgan fingerprint density at radius 3 is 2.52 bits per heavy atom. The van der Waals surface area contributed by atoms with Crippen LogP contribution in [0.5, 0.6) is 0 Å². The van der Waals surface area contributed by atoms with Crippen LogP contribution in [0.25, 0.3) is 0 Å². The molecule has 1 aromatic carbocycles. The van der Waals surface area contributed by atoms with Gasteiger partial charge in [-0.05, 0) is 24.8 Å². The van der Waals surface area contributed by atoms with Crippen molar-refractivity contribution in [2.24, 2.45) is 5.92 Å². The molecule has 3 aliphatic rings. The fourth-order valence-electron chi connectivity index (χ4n) is 3.42. The summed E-state index contributed by atoms with van der Waals surface area (Å²) < 4.78 is 0. The normalized spacial score (nSPS) is 27.6. The minimum atomic E-state index is -1.52. The number of nitrogens with one attached hydrogen (secondary N) is 2. The molecule has 4 amide bonds. The van der Waals surface area contributed by atoms with Crippen LogP contribution in [-0.2, 0) is 15.1 Å². The van der Waals surface area contributed by atoms with E-state index in [2.05, 4.69) is 10.6 Å². The van der Waals surface area contributed by atoms with Gasteiger partial charge in [0, 0.05) is 17.8 Å². The first-order valence-electron chi connectivity index (χ1n) is 7.18. The Kier molecular flexibility index (Phi) is 2.40. The van der Waals surface area contributed by atoms with Crippen LogP contribution >= 0.6 is 0 Å². The SMILES string of the molecule is O=C1NC(=O)[C@@]2(C(=O)Nc3ccccc32)N1CC1CCC1. The van der Waals surface area contributed by atoms with Crippen molar-refractivity contribution in [2.75, 3.05) is 11.9 Å². The van der Waals surface area contributed by atoms with Crippen LogP contribution in [0.1, 0.15) is 24.8 Å². The van der Waals surface area contributed by atoms with Gasteiger partial charge in [-0.3, -0.25) is 19.8 Å². The fraction of sp³-hybridized carbons (Fsp3) is 0.400. The van der Waals surface area contributed by atoms with E-state index < -0.39 is 23.4 Å². The van der Waals surface area contributed by atoms with Crippen LogP contribution in [0.4, 0.5) is 10.5 Å². The van der Waals surface area contributed by atoms with Gasteiger partial charge in [-0.1, -0.05) is 24.6 Å². The lowest BCUT2D eigenvalue weighted by Crippen LogP contribution is -2.53. The fourth-order valence-corrected chi connectivity index (χ4v) is 3.42. The predicted octanol–water partition coefficient (Wildman–Crippen LogP) is 1.19. The van der Waals surface area contributed by atoms with Crippen LogP contribution in [0.15, 0.2) is 24.3 Å². The van der Waals surface area contributed by atoms with E-state index >= 15 is 0 Å². The quantitative estimate of drug-likeness (QED) is 0.633. The molecule has 2 heterocycles. The molecule has 108 valence electrons. The number of benzene rings is 1. The number of rotatable bonds is 2. The predicted molar refractivity (Wildman–Crippen MR) is 74.3 cm³/mol. The summed E-state index contributed by atoms with van der Waals surface area (Å²) in [4.78, 5) is 38.6. The van der Waals surface area contributed by atoms with E-state index in [4.69, 9.17) is 0 Å². The van der Waals surface area contributed by atoms with E-state index in [0.717, 1.165) is 19.3 Å². The molecule has 2 aliphatic heterocycles. The third-order valence-corrected chi connectivity index (χ3v) is 4.76. The van der Waals surface area contributed by atoms with Crippen molar-refractivity contribution >= 4 is 23.5 Å². The summed E-state index contributed by atoms with van der Waals surface area (Å²) in [5, 5.41) is 5.04. The van der Waals surface area contributed by atoms with E-state index in [0.29, 0.717) is 23.7 Å². The van der Waals surface area contributed by atoms with E-state index in [1.54, 1.807) is 24.3 Å². The highest BCUT2D eigenvalue weighted by Crippen LogP contribution is 2.44. The smallest absolute Gasteiger partial charge is 0.323 e. The van der Waals surface area contributed by atoms with Crippen molar-refractivity contribution in [3.05, 3.63) is 29.8 Å². The van der Waals surface area contributed by atoms with E-state index in [9.17, 15) is 14.4 Å². The Morgan fingerprint density at radius 1 is 1.10 bits per heavy atom. The van der Waals surface area contributed by atoms with Crippen molar-refractivity contribution in [3.8, 4) is 0 Å². The van der Waals surface area contributed by atoms with Gasteiger partial charge in [0.2, 0.25) is 5.54 Å². The summed E-state index contributed by atoms with van der Waals surface area (Å²) >= 11 is 0. The van der Waals surface area contributed by atoms with Crippen LogP contribution in [0.2, 0.25) is 0 Å². The van der Waals surface area contributed by atoms with Gasteiger partial charge in [-0.15, -0.1) is 0 Å². The van der Waals surface area contributed by atoms with Crippen molar-refractivity contribution in [1.82, 2.24) is 10.2 Å². The molecular weight excluding hydrogens is 270 g/mol. The topological polar surface area (TPSA) is 78.5 Å². The number of carbonyl (C=O) groups is 3. The molecule has 0 radical (unpaired) electrons. The molecule has 0 bridgehead atoms. The molecule has 1 saturated heterocycles. The van der Waals surface area contributed by atoms with Gasteiger partial charge in [0.05, 0.1) is 0 Å². The molecule has 2 N–H and O–H groups in total. The highest BCUT2D eigenvalue weighted by atomic mass is 16.2. The largest absolute Gasteiger partial charge is 0.325 e. The number of para-hydroxylation sites is 1. The van der Waals surface area contributed by atoms with Gasteiger partial charge in [0.25, 0.3) is 11.8 Å². The van der Waals surface area contributed by atoms with Crippen LogP contribution in [0, 0.1) is 5.92 Å². The summed E-state index contributed by atoms with van der Waals surface area (Å²) in [7, 11) is 0. The monoisotopic (exact) mass is 285 g/mol. The Labute approximate surface area is 121 Å². The van der Waals surface area contributed by atoms with Crippen molar-refractivity contribution < 1.29 is 14.4 Å². The maximum absolute atomic E-state index is 12.5. The number of hydrogen-bond acceptors (Lipinski definition) is 3. The highest BCUT2D eigenvalue weighted by molar-refractivity contribution is 6.26. The maximum Gasteiger partial charge on any atom is 0.325 e. The standard InChI is InChI=1S/C15H15N3O3/c19-12-15(10-6-1-2-7-11(10)16-12)13(20)17-14(21)18(15)8-9-4-3-5-9/h1-2,6-7,9H,3-5,8H2,(H,16,19)(H,17,20,21)/t15-/m1/s1. The molecular formula is C15H15N3O3. The van der Waals surface area contributed by atoms with Gasteiger partial charge >= 0.3 is 6.03 Å². The van der Waals surface area contributed by atoms with Crippen molar-refractivity contribution in [2.45, 2.75) is 24.8 Å². The average molecular weight is 285 g/mol. The van der Waals surface area contributed by atoms with Gasteiger partial charge in [-0.2, -0.15) is 0 Å². The summed E-state index contributed by atoms with van der Waals surface area (Å²) in [6, 6.07) is 6.58. The molecule has 1 aliphatic carbocycles. The molecule has 2 fully saturated rings. The molecule has 0 unspecified atom stereocenters. The van der Waals surface area contributed by atoms with Crippen LogP contribution < -0.4 is 10.6 Å². The van der Waals surface area contributed by atoms with Crippen molar-refractivity contribution in [3.63, 3.8) is 0 Å². The number of imide groups is 1. The zero-order chi connectivity index (χ0) is 14.6. The van der Waals surface area contributed by atoms with Crippen LogP contribution in [0.3, 0.4) is 0 Å². The minimum Gasteiger partial charge on any atom is -0.323 e. The molecule has 1 aromatic rings. The molecule has 21 heavy (non-hydrogen) atoms. The van der Waals surface area contributed by atoms with Gasteiger partial charge in [0.1, 0.15) is 0 Å². The molecule has 6 heteroatoms. The third kappa shape index (κ3) is 1.44. The summed E-state index contributed by atoms with van der Waals surface area (Å²) in [5.74, 6) is -0.611. The molecule has 4 rings (SSSR count). The third-order valence-electron chi connectivity index (χ3n) is 4.76. The first-order chi connectivity index (χ1) is 10.1. The number of carbonyl (C=O) groups excluding carboxylic acids is 3. The van der Waals surface area contributed by atoms with E-state index in [1.807, 2.05) is 0 Å². The molecule has 1 atom stereocenters. The van der Waals surface area contributed by atoms with Gasteiger partial charge in [-0.25, -0.2) is 4.79 Å². The van der Waals surface area contributed by atoms with E-state index in [-0.39, 0.29) is 0 Å². The summed E-state index contributed by atoms with van der Waals surface area (Å²) in [6.45, 7) is 0.444. The number of anilines is 1. The van der Waals surface area contributed by atoms with Crippen LogP contribution in [-0.4, -0.2) is 29.3 Å². The Balaban J connectivity index is 1.84. The van der Waals surface area contributed by atoms with Gasteiger partial charge in [0.15, 0.2) is 0 Å². The summed E-state index contributed by atoms with van der Waals surface area (Å²) in [5.41, 5.74) is -0.355. The molecule has 0 aromatic heterocycles.